The molecule has 0 N–H and O–H groups in total. The fourth-order valence-electron chi connectivity index (χ4n) is 8.12. The summed E-state index contributed by atoms with van der Waals surface area (Å²) in [5, 5.41) is 9.82. The summed E-state index contributed by atoms with van der Waals surface area (Å²) in [5.74, 6) is 0. The molecule has 2 aromatic heterocycles. The van der Waals surface area contributed by atoms with Crippen molar-refractivity contribution in [2.45, 2.75) is 0 Å². The summed E-state index contributed by atoms with van der Waals surface area (Å²) >= 11 is 1.86. The van der Waals surface area contributed by atoms with E-state index in [0.717, 1.165) is 55.6 Å². The number of hydrogen-bond donors (Lipinski definition) is 0. The minimum Gasteiger partial charge on any atom is -0.455 e. The zero-order valence-corrected chi connectivity index (χ0v) is 29.5. The van der Waals surface area contributed by atoms with Gasteiger partial charge in [-0.2, -0.15) is 0 Å². The van der Waals surface area contributed by atoms with Crippen molar-refractivity contribution in [3.05, 3.63) is 188 Å². The first-order valence-electron chi connectivity index (χ1n) is 18.0. The maximum absolute atomic E-state index is 6.49. The summed E-state index contributed by atoms with van der Waals surface area (Å²) in [6.45, 7) is 0. The molecule has 0 unspecified atom stereocenters. The van der Waals surface area contributed by atoms with Crippen LogP contribution in [0.3, 0.4) is 0 Å². The molecule has 9 aromatic carbocycles. The van der Waals surface area contributed by atoms with E-state index in [-0.39, 0.29) is 0 Å². The summed E-state index contributed by atoms with van der Waals surface area (Å²) in [6, 6.07) is 68.0. The number of fused-ring (bicyclic) bond motifs is 9. The van der Waals surface area contributed by atoms with Gasteiger partial charge in [0.2, 0.25) is 0 Å². The summed E-state index contributed by atoms with van der Waals surface area (Å²) < 4.78 is 9.07. The molecule has 0 saturated heterocycles. The predicted molar refractivity (Wildman–Crippen MR) is 227 cm³/mol. The van der Waals surface area contributed by atoms with Crippen molar-refractivity contribution in [2.24, 2.45) is 0 Å². The smallest absolute Gasteiger partial charge is 0.143 e. The van der Waals surface area contributed by atoms with Crippen LogP contribution in [0.4, 0.5) is 17.1 Å². The average molecular weight is 694 g/mol. The van der Waals surface area contributed by atoms with E-state index >= 15 is 0 Å². The molecule has 53 heavy (non-hydrogen) atoms. The molecule has 2 heterocycles. The van der Waals surface area contributed by atoms with Crippen LogP contribution in [0.15, 0.2) is 192 Å². The van der Waals surface area contributed by atoms with E-state index < -0.39 is 0 Å². The van der Waals surface area contributed by atoms with Gasteiger partial charge < -0.3 is 9.32 Å². The lowest BCUT2D eigenvalue weighted by Gasteiger charge is -2.27. The van der Waals surface area contributed by atoms with E-state index in [1.807, 2.05) is 17.4 Å². The average Bonchev–Trinajstić information content (AvgIpc) is 3.80. The van der Waals surface area contributed by atoms with Crippen LogP contribution in [0.1, 0.15) is 0 Å². The quantitative estimate of drug-likeness (QED) is 0.167. The van der Waals surface area contributed by atoms with Gasteiger partial charge in [-0.15, -0.1) is 11.3 Å². The Bertz CT molecular complexity index is 3170. The van der Waals surface area contributed by atoms with Crippen molar-refractivity contribution in [3.63, 3.8) is 0 Å². The van der Waals surface area contributed by atoms with E-state index in [1.54, 1.807) is 0 Å². The topological polar surface area (TPSA) is 16.4 Å². The highest BCUT2D eigenvalue weighted by Gasteiger charge is 2.20. The monoisotopic (exact) mass is 693 g/mol. The van der Waals surface area contributed by atoms with E-state index in [2.05, 4.69) is 187 Å². The molecule has 0 fully saturated rings. The molecule has 11 rings (SSSR count). The van der Waals surface area contributed by atoms with Gasteiger partial charge in [0.05, 0.1) is 5.69 Å². The number of benzene rings is 9. The molecule has 0 bridgehead atoms. The lowest BCUT2D eigenvalue weighted by Crippen LogP contribution is -2.10. The molecule has 0 aliphatic heterocycles. The number of anilines is 3. The number of nitrogens with zero attached hydrogens (tertiary/aromatic N) is 1. The Kier molecular flexibility index (Phi) is 6.76. The van der Waals surface area contributed by atoms with E-state index in [9.17, 15) is 0 Å². The SMILES string of the molecule is c1ccc(-c2cccc3c2oc2ccc(-c4ccc(N(c5ccc6ccc7ccccc7c6c5)c5cccc6sc7ccccc7c56)cc4)cc23)cc1. The Labute approximate surface area is 310 Å². The van der Waals surface area contributed by atoms with Crippen molar-refractivity contribution >= 4 is 92.1 Å². The number of para-hydroxylation sites is 1. The summed E-state index contributed by atoms with van der Waals surface area (Å²) in [7, 11) is 0. The van der Waals surface area contributed by atoms with Gasteiger partial charge in [0.1, 0.15) is 11.2 Å². The summed E-state index contributed by atoms with van der Waals surface area (Å²) in [4.78, 5) is 2.43. The second kappa shape index (κ2) is 11.9. The minimum atomic E-state index is 0.898. The Morgan fingerprint density at radius 3 is 1.96 bits per heavy atom. The third-order valence-corrected chi connectivity index (χ3v) is 11.8. The van der Waals surface area contributed by atoms with Crippen LogP contribution in [-0.2, 0) is 0 Å². The highest BCUT2D eigenvalue weighted by atomic mass is 32.1. The number of furan rings is 1. The fraction of sp³-hybridized carbons (Fsp3) is 0. The fourth-order valence-corrected chi connectivity index (χ4v) is 9.25. The minimum absolute atomic E-state index is 0.898. The van der Waals surface area contributed by atoms with Crippen LogP contribution in [0, 0.1) is 0 Å². The zero-order chi connectivity index (χ0) is 34.9. The third-order valence-electron chi connectivity index (χ3n) is 10.7. The molecular formula is C50H31NOS. The van der Waals surface area contributed by atoms with Crippen LogP contribution in [0.2, 0.25) is 0 Å². The van der Waals surface area contributed by atoms with E-state index in [4.69, 9.17) is 4.42 Å². The standard InChI is InChI=1S/C50H31NOS/c1-2-10-33(11-3-1)40-15-8-16-41-44-30-36(25-29-46(44)52-50(40)41)32-22-26-37(27-23-32)51(45-17-9-19-48-49(45)42-14-6-7-18-47(42)53-48)38-28-24-35-21-20-34-12-4-5-13-39(34)43(35)31-38/h1-31H. The van der Waals surface area contributed by atoms with E-state index in [0.29, 0.717) is 0 Å². The van der Waals surface area contributed by atoms with Crippen LogP contribution in [0.25, 0.3) is 85.9 Å². The molecule has 0 aliphatic rings. The van der Waals surface area contributed by atoms with Gasteiger partial charge in [0.25, 0.3) is 0 Å². The van der Waals surface area contributed by atoms with Crippen molar-refractivity contribution in [2.75, 3.05) is 4.90 Å². The molecule has 248 valence electrons. The zero-order valence-electron chi connectivity index (χ0n) is 28.7. The molecule has 0 saturated carbocycles. The van der Waals surface area contributed by atoms with Gasteiger partial charge in [0, 0.05) is 47.9 Å². The molecule has 0 radical (unpaired) electrons. The van der Waals surface area contributed by atoms with Crippen molar-refractivity contribution in [3.8, 4) is 22.3 Å². The molecular weight excluding hydrogens is 663 g/mol. The van der Waals surface area contributed by atoms with Crippen molar-refractivity contribution in [1.29, 1.82) is 0 Å². The van der Waals surface area contributed by atoms with Gasteiger partial charge in [-0.1, -0.05) is 133 Å². The Balaban J connectivity index is 1.07. The predicted octanol–water partition coefficient (Wildman–Crippen LogP) is 15.1. The van der Waals surface area contributed by atoms with Gasteiger partial charge in [0.15, 0.2) is 0 Å². The first kappa shape index (κ1) is 30.0. The molecule has 0 atom stereocenters. The largest absolute Gasteiger partial charge is 0.455 e. The van der Waals surface area contributed by atoms with Gasteiger partial charge >= 0.3 is 0 Å². The maximum atomic E-state index is 6.49. The van der Waals surface area contributed by atoms with Gasteiger partial charge in [-0.3, -0.25) is 0 Å². The lowest BCUT2D eigenvalue weighted by molar-refractivity contribution is 0.670. The first-order valence-corrected chi connectivity index (χ1v) is 18.8. The molecule has 11 aromatic rings. The number of thiophene rings is 1. The van der Waals surface area contributed by atoms with Crippen LogP contribution in [-0.4, -0.2) is 0 Å². The maximum Gasteiger partial charge on any atom is 0.143 e. The highest BCUT2D eigenvalue weighted by Crippen LogP contribution is 2.46. The highest BCUT2D eigenvalue weighted by molar-refractivity contribution is 7.26. The summed E-state index contributed by atoms with van der Waals surface area (Å²) in [5.41, 5.74) is 9.82. The van der Waals surface area contributed by atoms with Crippen molar-refractivity contribution in [1.82, 2.24) is 0 Å². The molecule has 3 heteroatoms. The number of hydrogen-bond acceptors (Lipinski definition) is 3. The van der Waals surface area contributed by atoms with Gasteiger partial charge in [-0.25, -0.2) is 0 Å². The van der Waals surface area contributed by atoms with Crippen molar-refractivity contribution < 1.29 is 4.42 Å². The molecule has 0 amide bonds. The first-order chi connectivity index (χ1) is 26.3. The second-order valence-corrected chi connectivity index (χ2v) is 14.8. The van der Waals surface area contributed by atoms with Crippen LogP contribution >= 0.6 is 11.3 Å². The Hall–Kier alpha value is -6.68. The number of rotatable bonds is 5. The normalized spacial score (nSPS) is 11.8. The molecule has 0 aliphatic carbocycles. The summed E-state index contributed by atoms with van der Waals surface area (Å²) in [6.07, 6.45) is 0. The Morgan fingerprint density at radius 2 is 1.08 bits per heavy atom. The van der Waals surface area contributed by atoms with Crippen LogP contribution in [0.5, 0.6) is 0 Å². The molecule has 0 spiro atoms. The second-order valence-electron chi connectivity index (χ2n) is 13.7. The van der Waals surface area contributed by atoms with Gasteiger partial charge in [-0.05, 0) is 92.8 Å². The van der Waals surface area contributed by atoms with E-state index in [1.165, 1.54) is 47.4 Å². The Morgan fingerprint density at radius 1 is 0.396 bits per heavy atom. The van der Waals surface area contributed by atoms with Crippen LogP contribution < -0.4 is 4.90 Å². The third kappa shape index (κ3) is 4.86. The molecule has 2 nitrogen and oxygen atoms in total. The lowest BCUT2D eigenvalue weighted by atomic mass is 9.99.